The molecule has 0 unspecified atom stereocenters. The number of rotatable bonds is 15. The molecule has 636 valence electrons. The Morgan fingerprint density at radius 2 is 0.404 bits per heavy atom. The minimum atomic E-state index is 0.623. The van der Waals surface area contributed by atoms with Gasteiger partial charge in [0.2, 0.25) is 0 Å². The van der Waals surface area contributed by atoms with Crippen molar-refractivity contribution in [1.29, 1.82) is 0 Å². The molecule has 0 bridgehead atoms. The number of hydrogen-bond donors (Lipinski definition) is 0. The van der Waals surface area contributed by atoms with Gasteiger partial charge in [-0.25, -0.2) is 44.9 Å². The zero-order valence-corrected chi connectivity index (χ0v) is 73.6. The average Bonchev–Trinajstić information content (AvgIpc) is 0.752. The molecule has 0 radical (unpaired) electrons. The predicted octanol–water partition coefficient (Wildman–Crippen LogP) is 30.9. The molecular formula is C124H80N12. The fourth-order valence-electron chi connectivity index (χ4n) is 17.8. The Hall–Kier alpha value is -18.5. The summed E-state index contributed by atoms with van der Waals surface area (Å²) in [5.74, 6) is 5.77. The van der Waals surface area contributed by atoms with Gasteiger partial charge in [0, 0.05) is 107 Å². The predicted molar refractivity (Wildman–Crippen MR) is 557 cm³/mol. The van der Waals surface area contributed by atoms with E-state index in [2.05, 4.69) is 345 Å². The summed E-state index contributed by atoms with van der Waals surface area (Å²) >= 11 is 0. The summed E-state index contributed by atoms with van der Waals surface area (Å²) in [4.78, 5) is 58.4. The van der Waals surface area contributed by atoms with Gasteiger partial charge in [0.05, 0.1) is 11.0 Å². The minimum absolute atomic E-state index is 0.623. The molecule has 136 heavy (non-hydrogen) atoms. The van der Waals surface area contributed by atoms with Crippen LogP contribution in [0.5, 0.6) is 0 Å². The van der Waals surface area contributed by atoms with Crippen molar-refractivity contribution < 1.29 is 0 Å². The summed E-state index contributed by atoms with van der Waals surface area (Å²) in [6.45, 7) is 0. The highest BCUT2D eigenvalue weighted by Crippen LogP contribution is 2.40. The van der Waals surface area contributed by atoms with Gasteiger partial charge in [-0.1, -0.05) is 425 Å². The van der Waals surface area contributed by atoms with Crippen LogP contribution in [0.15, 0.2) is 486 Å². The fourth-order valence-corrected chi connectivity index (χ4v) is 17.8. The van der Waals surface area contributed by atoms with E-state index in [9.17, 15) is 0 Å². The highest BCUT2D eigenvalue weighted by atomic mass is 15.1. The molecule has 0 aliphatic rings. The number of aromatic nitrogens is 12. The maximum absolute atomic E-state index is 5.02. The van der Waals surface area contributed by atoms with Gasteiger partial charge in [-0.2, -0.15) is 0 Å². The van der Waals surface area contributed by atoms with Crippen molar-refractivity contribution in [3.63, 3.8) is 0 Å². The number of pyridine rings is 3. The summed E-state index contributed by atoms with van der Waals surface area (Å²) in [7, 11) is 0. The van der Waals surface area contributed by atoms with Crippen LogP contribution in [0.1, 0.15) is 0 Å². The molecular weight excluding hydrogens is 1660 g/mol. The molecule has 0 saturated heterocycles. The van der Waals surface area contributed by atoms with Gasteiger partial charge in [-0.3, -0.25) is 15.0 Å². The van der Waals surface area contributed by atoms with Crippen LogP contribution >= 0.6 is 0 Å². The number of nitrogens with zero attached hydrogens (tertiary/aromatic N) is 12. The van der Waals surface area contributed by atoms with Crippen LogP contribution < -0.4 is 0 Å². The van der Waals surface area contributed by atoms with Crippen LogP contribution in [-0.2, 0) is 0 Å². The quantitative estimate of drug-likeness (QED) is 0.0897. The van der Waals surface area contributed by atoms with E-state index in [0.717, 1.165) is 143 Å². The first-order chi connectivity index (χ1) is 67.3. The standard InChI is InChI=1S/C56H36N4.2C34H22N4/c1-3-11-37(12-4-1)38-21-25-42(26-22-38)55-58-54(41-14-5-2-6-15-41)59-56(60-55)43-27-23-39(24-28-43)44-16-9-17-45(33-44)46-18-10-19-47(34-46)49-35-48-30-31-51-50-20-8-7-13-40(50)29-32-52(51)53(48)57-36-49;1-3-9-23(10-4-1)24-15-17-26(18-16-24)33-36-32(25-11-5-2-6-12-25)37-34(38-33)27-19-20-30-29-14-8-7-13-28(29)22-35-31(30)21-27;1-3-7-23(8-4-1)24-11-14-27(15-12-24)33-36-32(26-9-5-2-6-10-26)37-34(38-33)29-17-18-30-28(21-29)16-13-25-19-20-35-22-31(25)30/h1-36H;2*1-22H. The second-order valence-electron chi connectivity index (χ2n) is 33.5. The summed E-state index contributed by atoms with van der Waals surface area (Å²) in [5.41, 5.74) is 24.2. The Bertz CT molecular complexity index is 8440. The Balaban J connectivity index is 0.000000120. The lowest BCUT2D eigenvalue weighted by Gasteiger charge is -2.11. The van der Waals surface area contributed by atoms with Crippen molar-refractivity contribution in [2.75, 3.05) is 0 Å². The Labute approximate surface area is 785 Å². The normalized spacial score (nSPS) is 11.2. The molecule has 0 spiro atoms. The van der Waals surface area contributed by atoms with Gasteiger partial charge in [0.15, 0.2) is 52.4 Å². The van der Waals surface area contributed by atoms with Gasteiger partial charge >= 0.3 is 0 Å². The van der Waals surface area contributed by atoms with E-state index in [4.69, 9.17) is 54.8 Å². The summed E-state index contributed by atoms with van der Waals surface area (Å²) in [5, 5.41) is 14.1. The fraction of sp³-hybridized carbons (Fsp3) is 0. The van der Waals surface area contributed by atoms with Crippen molar-refractivity contribution in [1.82, 2.24) is 59.8 Å². The van der Waals surface area contributed by atoms with Gasteiger partial charge in [-0.15, -0.1) is 0 Å². The molecule has 0 fully saturated rings. The van der Waals surface area contributed by atoms with Crippen LogP contribution in [0.4, 0.5) is 0 Å². The second kappa shape index (κ2) is 36.8. The first-order valence-corrected chi connectivity index (χ1v) is 45.3. The third kappa shape index (κ3) is 17.1. The first kappa shape index (κ1) is 81.9. The van der Waals surface area contributed by atoms with Crippen molar-refractivity contribution in [3.8, 4) is 169 Å². The molecule has 19 aromatic carbocycles. The van der Waals surface area contributed by atoms with Gasteiger partial charge < -0.3 is 0 Å². The van der Waals surface area contributed by atoms with Crippen LogP contribution in [0.2, 0.25) is 0 Å². The van der Waals surface area contributed by atoms with E-state index in [1.807, 2.05) is 146 Å². The van der Waals surface area contributed by atoms with Crippen LogP contribution in [0.3, 0.4) is 0 Å². The molecule has 25 rings (SSSR count). The number of hydrogen-bond acceptors (Lipinski definition) is 12. The lowest BCUT2D eigenvalue weighted by molar-refractivity contribution is 1.07. The molecule has 0 amide bonds. The second-order valence-corrected chi connectivity index (χ2v) is 33.5. The van der Waals surface area contributed by atoms with E-state index in [1.165, 1.54) is 49.0 Å². The smallest absolute Gasteiger partial charge is 0.164 e. The van der Waals surface area contributed by atoms with Crippen LogP contribution in [-0.4, -0.2) is 59.8 Å². The molecule has 0 N–H and O–H groups in total. The Kier molecular flexibility index (Phi) is 22.2. The van der Waals surface area contributed by atoms with Crippen LogP contribution in [0, 0.1) is 0 Å². The van der Waals surface area contributed by atoms with E-state index in [-0.39, 0.29) is 0 Å². The molecule has 12 nitrogen and oxygen atoms in total. The van der Waals surface area contributed by atoms with E-state index >= 15 is 0 Å². The molecule has 12 heteroatoms. The first-order valence-electron chi connectivity index (χ1n) is 45.3. The number of benzene rings is 19. The molecule has 0 atom stereocenters. The minimum Gasteiger partial charge on any atom is -0.264 e. The lowest BCUT2D eigenvalue weighted by atomic mass is 9.95. The zero-order chi connectivity index (χ0) is 90.5. The van der Waals surface area contributed by atoms with Gasteiger partial charge in [0.1, 0.15) is 0 Å². The maximum Gasteiger partial charge on any atom is 0.164 e. The molecule has 0 saturated carbocycles. The summed E-state index contributed by atoms with van der Waals surface area (Å²) in [6, 6.07) is 159. The topological polar surface area (TPSA) is 155 Å². The number of fused-ring (bicyclic) bond motifs is 11. The van der Waals surface area contributed by atoms with Gasteiger partial charge in [0.25, 0.3) is 0 Å². The van der Waals surface area contributed by atoms with Crippen LogP contribution in [0.25, 0.3) is 245 Å². The summed E-state index contributed by atoms with van der Waals surface area (Å²) < 4.78 is 0. The third-order valence-electron chi connectivity index (χ3n) is 24.9. The van der Waals surface area contributed by atoms with Crippen molar-refractivity contribution in [2.24, 2.45) is 0 Å². The average molecular weight is 1740 g/mol. The van der Waals surface area contributed by atoms with Crippen molar-refractivity contribution >= 4 is 75.7 Å². The molecule has 25 aromatic rings. The largest absolute Gasteiger partial charge is 0.264 e. The third-order valence-corrected chi connectivity index (χ3v) is 24.9. The lowest BCUT2D eigenvalue weighted by Crippen LogP contribution is -2.00. The summed E-state index contributed by atoms with van der Waals surface area (Å²) in [6.07, 6.45) is 7.68. The maximum atomic E-state index is 5.02. The highest BCUT2D eigenvalue weighted by molar-refractivity contribution is 6.16. The van der Waals surface area contributed by atoms with Crippen molar-refractivity contribution in [3.05, 3.63) is 486 Å². The van der Waals surface area contributed by atoms with Crippen molar-refractivity contribution in [2.45, 2.75) is 0 Å². The zero-order valence-electron chi connectivity index (χ0n) is 73.6. The SMILES string of the molecule is c1ccc(-c2ccc(-c3nc(-c4ccccc4)nc(-c4ccc(-c5cccc(-c6cccc(-c7cnc8c(ccc9c%10ccccc%10ccc98)c7)c6)c5)cc4)n3)cc2)cc1.c1ccc(-c2ccc(-c3nc(-c4ccccc4)nc(-c4ccc5c(c4)ncc4ccccc45)n3)cc2)cc1.c1ccc(-c2ccc(-c3nc(-c4ccccc4)nc(-c4ccc5c(ccc6ccncc65)c4)n3)cc2)cc1. The molecule has 6 aromatic heterocycles. The monoisotopic (exact) mass is 1740 g/mol. The molecule has 0 aliphatic carbocycles. The van der Waals surface area contributed by atoms with E-state index in [1.54, 1.807) is 0 Å². The molecule has 6 heterocycles. The Morgan fingerprint density at radius 1 is 0.125 bits per heavy atom. The van der Waals surface area contributed by atoms with E-state index in [0.29, 0.717) is 52.4 Å². The highest BCUT2D eigenvalue weighted by Gasteiger charge is 2.20. The van der Waals surface area contributed by atoms with E-state index < -0.39 is 0 Å². The Morgan fingerprint density at radius 3 is 0.860 bits per heavy atom. The molecule has 0 aliphatic heterocycles. The van der Waals surface area contributed by atoms with Gasteiger partial charge in [-0.05, 0) is 135 Å².